The van der Waals surface area contributed by atoms with Gasteiger partial charge in [0.05, 0.1) is 23.9 Å². The van der Waals surface area contributed by atoms with E-state index in [1.807, 2.05) is 6.07 Å². The number of rotatable bonds is 2. The first-order valence-corrected chi connectivity index (χ1v) is 7.17. The molecule has 7 heteroatoms. The molecule has 118 valence electrons. The number of benzene rings is 2. The highest BCUT2D eigenvalue weighted by molar-refractivity contribution is 6.44. The average molecular weight is 335 g/mol. The lowest BCUT2D eigenvalue weighted by Crippen LogP contribution is -2.29. The van der Waals surface area contributed by atoms with Gasteiger partial charge < -0.3 is 15.4 Å². The first-order valence-electron chi connectivity index (χ1n) is 6.80. The van der Waals surface area contributed by atoms with Crippen molar-refractivity contribution in [3.05, 3.63) is 58.4 Å². The topological polar surface area (TPSA) is 67.4 Å². The molecule has 0 aliphatic carbocycles. The molecule has 0 saturated carbocycles. The van der Waals surface area contributed by atoms with Gasteiger partial charge in [-0.2, -0.15) is 0 Å². The summed E-state index contributed by atoms with van der Waals surface area (Å²) in [6.07, 6.45) is 0. The Bertz CT molecular complexity index is 795. The molecule has 2 amide bonds. The van der Waals surface area contributed by atoms with Crippen LogP contribution < -0.4 is 10.6 Å². The predicted molar refractivity (Wildman–Crippen MR) is 83.6 cm³/mol. The zero-order chi connectivity index (χ0) is 16.4. The Morgan fingerprint density at radius 3 is 2.52 bits per heavy atom. The van der Waals surface area contributed by atoms with E-state index in [-0.39, 0.29) is 10.7 Å². The van der Waals surface area contributed by atoms with Crippen LogP contribution in [-0.4, -0.2) is 11.8 Å². The van der Waals surface area contributed by atoms with Crippen molar-refractivity contribution in [3.8, 4) is 0 Å². The number of hydrogen-bond donors (Lipinski definition) is 2. The summed E-state index contributed by atoms with van der Waals surface area (Å²) in [6.45, 7) is 1.03. The Labute approximate surface area is 136 Å². The van der Waals surface area contributed by atoms with Crippen molar-refractivity contribution in [2.45, 2.75) is 13.2 Å². The summed E-state index contributed by atoms with van der Waals surface area (Å²) in [5, 5.41) is 4.85. The quantitative estimate of drug-likeness (QED) is 0.829. The Morgan fingerprint density at radius 2 is 1.74 bits per heavy atom. The molecule has 3 rings (SSSR count). The maximum absolute atomic E-state index is 13.0. The summed E-state index contributed by atoms with van der Waals surface area (Å²) in [6, 6.07) is 8.78. The summed E-state index contributed by atoms with van der Waals surface area (Å²) < 4.78 is 18.2. The Hall–Kier alpha value is -2.44. The van der Waals surface area contributed by atoms with Crippen LogP contribution >= 0.6 is 11.6 Å². The van der Waals surface area contributed by atoms with Crippen LogP contribution in [0.15, 0.2) is 36.4 Å². The monoisotopic (exact) mass is 334 g/mol. The number of amides is 2. The zero-order valence-corrected chi connectivity index (χ0v) is 12.6. The first kappa shape index (κ1) is 15.5. The van der Waals surface area contributed by atoms with Crippen LogP contribution in [0, 0.1) is 5.82 Å². The van der Waals surface area contributed by atoms with Crippen molar-refractivity contribution in [1.82, 2.24) is 0 Å². The fourth-order valence-electron chi connectivity index (χ4n) is 2.21. The fraction of sp³-hybridized carbons (Fsp3) is 0.125. The van der Waals surface area contributed by atoms with Gasteiger partial charge in [-0.15, -0.1) is 0 Å². The summed E-state index contributed by atoms with van der Waals surface area (Å²) in [4.78, 5) is 23.8. The number of carbonyl (C=O) groups excluding carboxylic acids is 2. The summed E-state index contributed by atoms with van der Waals surface area (Å²) in [5.41, 5.74) is 2.70. The van der Waals surface area contributed by atoms with Crippen LogP contribution in [0.2, 0.25) is 5.02 Å². The molecule has 0 spiro atoms. The van der Waals surface area contributed by atoms with Crippen LogP contribution in [0.25, 0.3) is 0 Å². The normalized spacial score (nSPS) is 12.6. The van der Waals surface area contributed by atoms with E-state index in [2.05, 4.69) is 10.6 Å². The molecule has 1 aliphatic rings. The molecule has 2 aromatic rings. The number of anilines is 2. The van der Waals surface area contributed by atoms with Crippen molar-refractivity contribution < 1.29 is 18.7 Å². The van der Waals surface area contributed by atoms with Crippen LogP contribution in [0.4, 0.5) is 15.8 Å². The van der Waals surface area contributed by atoms with E-state index in [1.54, 1.807) is 12.1 Å². The largest absolute Gasteiger partial charge is 0.372 e. The molecule has 0 bridgehead atoms. The molecule has 0 radical (unpaired) electrons. The highest BCUT2D eigenvalue weighted by Crippen LogP contribution is 2.24. The average Bonchev–Trinajstić information content (AvgIpc) is 2.97. The molecule has 0 atom stereocenters. The van der Waals surface area contributed by atoms with E-state index < -0.39 is 17.6 Å². The van der Waals surface area contributed by atoms with Gasteiger partial charge in [0, 0.05) is 5.69 Å². The van der Waals surface area contributed by atoms with E-state index in [1.165, 1.54) is 6.07 Å². The number of fused-ring (bicyclic) bond motifs is 1. The molecular weight excluding hydrogens is 323 g/mol. The first-order chi connectivity index (χ1) is 11.0. The van der Waals surface area contributed by atoms with Gasteiger partial charge in [-0.3, -0.25) is 9.59 Å². The van der Waals surface area contributed by atoms with Gasteiger partial charge in [-0.25, -0.2) is 4.39 Å². The van der Waals surface area contributed by atoms with E-state index in [9.17, 15) is 14.0 Å². The Kier molecular flexibility index (Phi) is 4.27. The second-order valence-electron chi connectivity index (χ2n) is 5.01. The minimum absolute atomic E-state index is 0.0147. The molecule has 1 heterocycles. The molecule has 0 fully saturated rings. The smallest absolute Gasteiger partial charge is 0.314 e. The Morgan fingerprint density at radius 1 is 1.00 bits per heavy atom. The fourth-order valence-corrected chi connectivity index (χ4v) is 2.42. The van der Waals surface area contributed by atoms with Crippen molar-refractivity contribution >= 4 is 34.8 Å². The minimum Gasteiger partial charge on any atom is -0.372 e. The molecule has 0 saturated heterocycles. The Balaban J connectivity index is 1.67. The lowest BCUT2D eigenvalue weighted by molar-refractivity contribution is -0.132. The van der Waals surface area contributed by atoms with Crippen LogP contribution in [-0.2, 0) is 27.5 Å². The third-order valence-corrected chi connectivity index (χ3v) is 3.68. The number of hydrogen-bond acceptors (Lipinski definition) is 3. The standard InChI is InChI=1S/C16H12ClFN2O3/c17-13-6-11(18)2-4-14(13)20-16(22)15(21)19-12-3-1-9-7-23-8-10(9)5-12/h1-6H,7-8H2,(H,19,21)(H,20,22). The maximum Gasteiger partial charge on any atom is 0.314 e. The molecular formula is C16H12ClFN2O3. The predicted octanol–water partition coefficient (Wildman–Crippen LogP) is 3.09. The molecule has 1 aliphatic heterocycles. The third-order valence-electron chi connectivity index (χ3n) is 3.36. The second-order valence-corrected chi connectivity index (χ2v) is 5.42. The van der Waals surface area contributed by atoms with Crippen molar-refractivity contribution in [3.63, 3.8) is 0 Å². The third kappa shape index (κ3) is 3.49. The van der Waals surface area contributed by atoms with Crippen LogP contribution in [0.1, 0.15) is 11.1 Å². The van der Waals surface area contributed by atoms with Gasteiger partial charge in [-0.1, -0.05) is 17.7 Å². The van der Waals surface area contributed by atoms with Gasteiger partial charge in [0.1, 0.15) is 5.82 Å². The molecule has 0 aromatic heterocycles. The second kappa shape index (κ2) is 6.36. The van der Waals surface area contributed by atoms with E-state index in [0.29, 0.717) is 18.9 Å². The van der Waals surface area contributed by atoms with E-state index in [0.717, 1.165) is 23.3 Å². The molecule has 2 aromatic carbocycles. The van der Waals surface area contributed by atoms with Gasteiger partial charge in [0.2, 0.25) is 0 Å². The summed E-state index contributed by atoms with van der Waals surface area (Å²) >= 11 is 5.80. The zero-order valence-electron chi connectivity index (χ0n) is 11.9. The van der Waals surface area contributed by atoms with Gasteiger partial charge in [0.15, 0.2) is 0 Å². The lowest BCUT2D eigenvalue weighted by atomic mass is 10.1. The SMILES string of the molecule is O=C(Nc1ccc2c(c1)COC2)C(=O)Nc1ccc(F)cc1Cl. The molecule has 0 unspecified atom stereocenters. The van der Waals surface area contributed by atoms with Crippen LogP contribution in [0.5, 0.6) is 0 Å². The summed E-state index contributed by atoms with van der Waals surface area (Å²) in [7, 11) is 0. The lowest BCUT2D eigenvalue weighted by Gasteiger charge is -2.09. The summed E-state index contributed by atoms with van der Waals surface area (Å²) in [5.74, 6) is -2.27. The number of halogens is 2. The molecule has 5 nitrogen and oxygen atoms in total. The molecule has 23 heavy (non-hydrogen) atoms. The highest BCUT2D eigenvalue weighted by Gasteiger charge is 2.17. The number of ether oxygens (including phenoxy) is 1. The van der Waals surface area contributed by atoms with Gasteiger partial charge >= 0.3 is 11.8 Å². The van der Waals surface area contributed by atoms with Crippen molar-refractivity contribution in [2.75, 3.05) is 10.6 Å². The number of carbonyl (C=O) groups is 2. The van der Waals surface area contributed by atoms with E-state index >= 15 is 0 Å². The molecule has 2 N–H and O–H groups in total. The minimum atomic E-state index is -0.893. The van der Waals surface area contributed by atoms with Gasteiger partial charge in [0.25, 0.3) is 0 Å². The van der Waals surface area contributed by atoms with Crippen LogP contribution in [0.3, 0.4) is 0 Å². The number of nitrogens with one attached hydrogen (secondary N) is 2. The van der Waals surface area contributed by atoms with Gasteiger partial charge in [-0.05, 0) is 41.5 Å². The highest BCUT2D eigenvalue weighted by atomic mass is 35.5. The van der Waals surface area contributed by atoms with Crippen molar-refractivity contribution in [2.24, 2.45) is 0 Å². The van der Waals surface area contributed by atoms with E-state index in [4.69, 9.17) is 16.3 Å². The van der Waals surface area contributed by atoms with Crippen molar-refractivity contribution in [1.29, 1.82) is 0 Å². The maximum atomic E-state index is 13.0.